The van der Waals surface area contributed by atoms with Gasteiger partial charge >= 0.3 is 0 Å². The molecule has 0 saturated carbocycles. The first-order chi connectivity index (χ1) is 16.1. The number of hydrogen-bond donors (Lipinski definition) is 1. The maximum absolute atomic E-state index is 11.5. The molecule has 0 unspecified atom stereocenters. The van der Waals surface area contributed by atoms with Crippen LogP contribution < -0.4 is 19.7 Å². The molecule has 0 atom stereocenters. The van der Waals surface area contributed by atoms with Gasteiger partial charge in [0.1, 0.15) is 6.61 Å². The third-order valence-corrected chi connectivity index (χ3v) is 5.92. The van der Waals surface area contributed by atoms with Crippen LogP contribution >= 0.6 is 0 Å². The molecule has 1 aliphatic rings. The number of piperazine rings is 1. The zero-order valence-corrected chi connectivity index (χ0v) is 19.3. The third-order valence-electron chi connectivity index (χ3n) is 5.92. The molecule has 0 aliphatic carbocycles. The number of amides is 1. The van der Waals surface area contributed by atoms with Crippen LogP contribution in [0.5, 0.6) is 11.5 Å². The van der Waals surface area contributed by atoms with Gasteiger partial charge in [-0.3, -0.25) is 4.79 Å². The fourth-order valence-corrected chi connectivity index (χ4v) is 3.95. The monoisotopic (exact) mass is 445 g/mol. The number of nitrogens with one attached hydrogen (secondary N) is 1. The Bertz CT molecular complexity index is 1050. The van der Waals surface area contributed by atoms with Gasteiger partial charge in [-0.05, 0) is 47.5 Å². The lowest BCUT2D eigenvalue weighted by atomic mass is 10.2. The van der Waals surface area contributed by atoms with Crippen LogP contribution in [-0.2, 0) is 17.9 Å². The van der Waals surface area contributed by atoms with Crippen LogP contribution in [0.25, 0.3) is 0 Å². The minimum atomic E-state index is 0.154. The summed E-state index contributed by atoms with van der Waals surface area (Å²) >= 11 is 0. The van der Waals surface area contributed by atoms with E-state index in [0.717, 1.165) is 54.5 Å². The maximum Gasteiger partial charge on any atom is 0.219 e. The van der Waals surface area contributed by atoms with Crippen LogP contribution in [-0.4, -0.2) is 44.1 Å². The van der Waals surface area contributed by atoms with Gasteiger partial charge in [-0.15, -0.1) is 0 Å². The van der Waals surface area contributed by atoms with Crippen LogP contribution in [0.3, 0.4) is 0 Å². The Morgan fingerprint density at radius 3 is 2.27 bits per heavy atom. The first-order valence-electron chi connectivity index (χ1n) is 11.3. The maximum atomic E-state index is 11.5. The lowest BCUT2D eigenvalue weighted by Gasteiger charge is -2.35. The van der Waals surface area contributed by atoms with Gasteiger partial charge in [0.25, 0.3) is 0 Å². The van der Waals surface area contributed by atoms with E-state index in [1.807, 2.05) is 47.4 Å². The van der Waals surface area contributed by atoms with Gasteiger partial charge in [0.2, 0.25) is 5.91 Å². The highest BCUT2D eigenvalue weighted by Crippen LogP contribution is 2.29. The molecule has 4 rings (SSSR count). The lowest BCUT2D eigenvalue weighted by molar-refractivity contribution is -0.129. The van der Waals surface area contributed by atoms with Crippen LogP contribution in [0.4, 0.5) is 11.4 Å². The van der Waals surface area contributed by atoms with Gasteiger partial charge in [-0.25, -0.2) is 0 Å². The second-order valence-corrected chi connectivity index (χ2v) is 8.15. The Morgan fingerprint density at radius 2 is 1.61 bits per heavy atom. The van der Waals surface area contributed by atoms with Crippen LogP contribution in [0.1, 0.15) is 18.1 Å². The summed E-state index contributed by atoms with van der Waals surface area (Å²) in [6.07, 6.45) is 0. The van der Waals surface area contributed by atoms with Gasteiger partial charge in [0, 0.05) is 51.0 Å². The van der Waals surface area contributed by atoms with Crippen LogP contribution in [0, 0.1) is 0 Å². The molecule has 1 amide bonds. The van der Waals surface area contributed by atoms with Crippen molar-refractivity contribution in [2.24, 2.45) is 0 Å². The molecule has 6 nitrogen and oxygen atoms in total. The van der Waals surface area contributed by atoms with E-state index in [-0.39, 0.29) is 5.91 Å². The average molecular weight is 446 g/mol. The zero-order valence-electron chi connectivity index (χ0n) is 19.3. The van der Waals surface area contributed by atoms with Gasteiger partial charge < -0.3 is 24.6 Å². The smallest absolute Gasteiger partial charge is 0.219 e. The summed E-state index contributed by atoms with van der Waals surface area (Å²) in [6, 6.07) is 24.6. The summed E-state index contributed by atoms with van der Waals surface area (Å²) in [5, 5.41) is 3.47. The van der Waals surface area contributed by atoms with Crippen molar-refractivity contribution in [1.82, 2.24) is 4.90 Å². The highest BCUT2D eigenvalue weighted by atomic mass is 16.5. The molecule has 3 aromatic carbocycles. The highest BCUT2D eigenvalue weighted by Gasteiger charge is 2.18. The first-order valence-corrected chi connectivity index (χ1v) is 11.3. The Balaban J connectivity index is 1.31. The van der Waals surface area contributed by atoms with E-state index in [2.05, 4.69) is 40.5 Å². The number of hydrogen-bond acceptors (Lipinski definition) is 5. The number of carbonyl (C=O) groups excluding carboxylic acids is 1. The molecule has 1 aliphatic heterocycles. The number of anilines is 2. The van der Waals surface area contributed by atoms with E-state index in [0.29, 0.717) is 13.2 Å². The third kappa shape index (κ3) is 5.98. The van der Waals surface area contributed by atoms with Gasteiger partial charge in [-0.1, -0.05) is 36.4 Å². The fraction of sp³-hybridized carbons (Fsp3) is 0.296. The first kappa shape index (κ1) is 22.5. The number of methoxy groups -OCH3 is 1. The zero-order chi connectivity index (χ0) is 23.0. The van der Waals surface area contributed by atoms with Crippen molar-refractivity contribution in [2.75, 3.05) is 43.5 Å². The topological polar surface area (TPSA) is 54.0 Å². The molecule has 1 saturated heterocycles. The normalized spacial score (nSPS) is 13.5. The largest absolute Gasteiger partial charge is 0.493 e. The molecule has 1 heterocycles. The minimum absolute atomic E-state index is 0.154. The van der Waals surface area contributed by atoms with Crippen molar-refractivity contribution < 1.29 is 14.3 Å². The predicted molar refractivity (Wildman–Crippen MR) is 132 cm³/mol. The van der Waals surface area contributed by atoms with E-state index in [1.165, 1.54) is 5.69 Å². The predicted octanol–water partition coefficient (Wildman–Crippen LogP) is 4.55. The molecule has 0 bridgehead atoms. The number of ether oxygens (including phenoxy) is 2. The second-order valence-electron chi connectivity index (χ2n) is 8.15. The molecular formula is C27H31N3O3. The fourth-order valence-electron chi connectivity index (χ4n) is 3.95. The summed E-state index contributed by atoms with van der Waals surface area (Å²) < 4.78 is 11.5. The number of rotatable bonds is 8. The summed E-state index contributed by atoms with van der Waals surface area (Å²) in [5.41, 5.74) is 4.48. The second kappa shape index (κ2) is 10.8. The van der Waals surface area contributed by atoms with E-state index in [1.54, 1.807) is 14.0 Å². The Kier molecular flexibility index (Phi) is 7.35. The molecule has 0 radical (unpaired) electrons. The Labute approximate surface area is 195 Å². The number of carbonyl (C=O) groups is 1. The molecular weight excluding hydrogens is 414 g/mol. The Hall–Kier alpha value is -3.67. The van der Waals surface area contributed by atoms with Crippen molar-refractivity contribution in [1.29, 1.82) is 0 Å². The van der Waals surface area contributed by atoms with Crippen molar-refractivity contribution in [2.45, 2.75) is 20.1 Å². The Morgan fingerprint density at radius 1 is 0.879 bits per heavy atom. The van der Waals surface area contributed by atoms with E-state index >= 15 is 0 Å². The summed E-state index contributed by atoms with van der Waals surface area (Å²) in [6.45, 7) is 6.12. The minimum Gasteiger partial charge on any atom is -0.493 e. The van der Waals surface area contributed by atoms with Gasteiger partial charge in [0.05, 0.1) is 7.11 Å². The molecule has 33 heavy (non-hydrogen) atoms. The van der Waals surface area contributed by atoms with E-state index in [9.17, 15) is 4.79 Å². The van der Waals surface area contributed by atoms with Gasteiger partial charge in [-0.2, -0.15) is 0 Å². The lowest BCUT2D eigenvalue weighted by Crippen LogP contribution is -2.48. The summed E-state index contributed by atoms with van der Waals surface area (Å²) in [7, 11) is 1.66. The quantitative estimate of drug-likeness (QED) is 0.551. The van der Waals surface area contributed by atoms with Crippen molar-refractivity contribution in [3.63, 3.8) is 0 Å². The van der Waals surface area contributed by atoms with Crippen molar-refractivity contribution >= 4 is 17.3 Å². The summed E-state index contributed by atoms with van der Waals surface area (Å²) in [4.78, 5) is 15.7. The summed E-state index contributed by atoms with van der Waals surface area (Å²) in [5.74, 6) is 1.62. The standard InChI is InChI=1S/C27H31N3O3/c1-21(31)29-14-16-30(17-15-29)25-11-9-24(10-12-25)28-19-23-8-13-26(27(18-23)32-2)33-20-22-6-4-3-5-7-22/h3-13,18,28H,14-17,19-20H2,1-2H3. The molecule has 0 aromatic heterocycles. The van der Waals surface area contributed by atoms with Crippen molar-refractivity contribution in [3.8, 4) is 11.5 Å². The van der Waals surface area contributed by atoms with Crippen LogP contribution in [0.15, 0.2) is 72.8 Å². The van der Waals surface area contributed by atoms with Crippen LogP contribution in [0.2, 0.25) is 0 Å². The highest BCUT2D eigenvalue weighted by molar-refractivity contribution is 5.73. The molecule has 172 valence electrons. The van der Waals surface area contributed by atoms with E-state index in [4.69, 9.17) is 9.47 Å². The number of benzene rings is 3. The van der Waals surface area contributed by atoms with Gasteiger partial charge in [0.15, 0.2) is 11.5 Å². The van der Waals surface area contributed by atoms with Crippen molar-refractivity contribution in [3.05, 3.63) is 83.9 Å². The van der Waals surface area contributed by atoms with E-state index < -0.39 is 0 Å². The SMILES string of the molecule is COc1cc(CNc2ccc(N3CCN(C(C)=O)CC3)cc2)ccc1OCc1ccccc1. The molecule has 1 N–H and O–H groups in total. The molecule has 0 spiro atoms. The number of nitrogens with zero attached hydrogens (tertiary/aromatic N) is 2. The molecule has 6 heteroatoms. The molecule has 1 fully saturated rings. The average Bonchev–Trinajstić information content (AvgIpc) is 2.87. The molecule has 3 aromatic rings.